The number of hydrogen-bond donors (Lipinski definition) is 0. The second-order valence-corrected chi connectivity index (χ2v) is 4.59. The van der Waals surface area contributed by atoms with Gasteiger partial charge in [-0.15, -0.1) is 4.40 Å². The fourth-order valence-corrected chi connectivity index (χ4v) is 2.58. The van der Waals surface area contributed by atoms with Crippen LogP contribution in [0.2, 0.25) is 0 Å². The van der Waals surface area contributed by atoms with Crippen LogP contribution in [0.15, 0.2) is 14.3 Å². The molecule has 8 heteroatoms. The van der Waals surface area contributed by atoms with Crippen LogP contribution in [-0.2, 0) is 24.3 Å². The Morgan fingerprint density at radius 2 is 2.00 bits per heavy atom. The van der Waals surface area contributed by atoms with Gasteiger partial charge >= 0.3 is 5.97 Å². The number of ether oxygens (including phenoxy) is 2. The van der Waals surface area contributed by atoms with Gasteiger partial charge in [-0.05, 0) is 13.8 Å². The molecule has 0 fully saturated rings. The zero-order valence-corrected chi connectivity index (χ0v) is 10.3. The summed E-state index contributed by atoms with van der Waals surface area (Å²) in [7, 11) is -4.09. The van der Waals surface area contributed by atoms with Crippen molar-refractivity contribution in [1.29, 1.82) is 0 Å². The number of rotatable bonds is 3. The van der Waals surface area contributed by atoms with E-state index in [2.05, 4.69) is 9.13 Å². The quantitative estimate of drug-likeness (QED) is 0.706. The normalized spacial score (nSPS) is 18.3. The Bertz CT molecular complexity index is 465. The average Bonchev–Trinajstić information content (AvgIpc) is 2.38. The van der Waals surface area contributed by atoms with Gasteiger partial charge < -0.3 is 9.47 Å². The maximum absolute atomic E-state index is 11.5. The van der Waals surface area contributed by atoms with E-state index < -0.39 is 20.9 Å². The van der Waals surface area contributed by atoms with Gasteiger partial charge in [-0.1, -0.05) is 11.6 Å². The van der Waals surface area contributed by atoms with Crippen LogP contribution in [0.1, 0.15) is 13.8 Å². The average molecular weight is 268 g/mol. The summed E-state index contributed by atoms with van der Waals surface area (Å²) >= 11 is 5.68. The van der Waals surface area contributed by atoms with E-state index in [1.165, 1.54) is 0 Å². The number of esters is 1. The number of halogens is 1. The Morgan fingerprint density at radius 1 is 1.38 bits per heavy atom. The summed E-state index contributed by atoms with van der Waals surface area (Å²) in [6.45, 7) is 3.44. The number of carbonyl (C=O) groups excluding carboxylic acids is 1. The molecule has 1 heterocycles. The third-order valence-corrected chi connectivity index (χ3v) is 3.35. The van der Waals surface area contributed by atoms with E-state index in [4.69, 9.17) is 16.3 Å². The van der Waals surface area contributed by atoms with Crippen molar-refractivity contribution in [3.63, 3.8) is 0 Å². The molecule has 1 aliphatic heterocycles. The minimum atomic E-state index is -4.09. The lowest BCUT2D eigenvalue weighted by molar-refractivity contribution is -0.137. The van der Waals surface area contributed by atoms with Crippen LogP contribution in [0.5, 0.6) is 0 Å². The highest BCUT2D eigenvalue weighted by molar-refractivity contribution is 7.95. The van der Waals surface area contributed by atoms with Crippen molar-refractivity contribution in [2.75, 3.05) is 13.2 Å². The molecule has 0 atom stereocenters. The Kier molecular flexibility index (Phi) is 3.93. The van der Waals surface area contributed by atoms with Crippen LogP contribution in [-0.4, -0.2) is 33.5 Å². The molecule has 0 bridgehead atoms. The molecular weight excluding hydrogens is 258 g/mol. The van der Waals surface area contributed by atoms with Crippen LogP contribution in [0.4, 0.5) is 0 Å². The van der Waals surface area contributed by atoms with Gasteiger partial charge in [0.05, 0.1) is 13.2 Å². The lowest BCUT2D eigenvalue weighted by Crippen LogP contribution is -2.13. The second-order valence-electron chi connectivity index (χ2n) is 2.67. The molecule has 0 spiro atoms. The Balaban J connectivity index is 3.14. The van der Waals surface area contributed by atoms with Crippen molar-refractivity contribution in [3.8, 4) is 0 Å². The highest BCUT2D eigenvalue weighted by Gasteiger charge is 2.38. The molecule has 0 aliphatic carbocycles. The molecule has 0 aromatic heterocycles. The summed E-state index contributed by atoms with van der Waals surface area (Å²) in [5.74, 6) is -1.29. The summed E-state index contributed by atoms with van der Waals surface area (Å²) in [6, 6.07) is 0. The topological polar surface area (TPSA) is 82.0 Å². The predicted molar refractivity (Wildman–Crippen MR) is 57.5 cm³/mol. The van der Waals surface area contributed by atoms with Crippen LogP contribution in [0.3, 0.4) is 0 Å². The molecular formula is C8H10ClNO5S. The van der Waals surface area contributed by atoms with Crippen LogP contribution >= 0.6 is 11.6 Å². The van der Waals surface area contributed by atoms with E-state index in [1.807, 2.05) is 0 Å². The Hall–Kier alpha value is -1.08. The maximum Gasteiger partial charge on any atom is 0.353 e. The lowest BCUT2D eigenvalue weighted by atomic mass is 10.4. The zero-order chi connectivity index (χ0) is 12.3. The molecule has 0 aromatic rings. The van der Waals surface area contributed by atoms with Gasteiger partial charge in [-0.3, -0.25) is 0 Å². The van der Waals surface area contributed by atoms with Crippen molar-refractivity contribution in [3.05, 3.63) is 9.94 Å². The van der Waals surface area contributed by atoms with E-state index in [-0.39, 0.29) is 24.1 Å². The number of carbonyl (C=O) groups is 1. The molecule has 6 nitrogen and oxygen atoms in total. The minimum absolute atomic E-state index is 0.0476. The van der Waals surface area contributed by atoms with Gasteiger partial charge in [0.15, 0.2) is 4.91 Å². The van der Waals surface area contributed by atoms with E-state index >= 15 is 0 Å². The second kappa shape index (κ2) is 4.84. The largest absolute Gasteiger partial charge is 0.476 e. The van der Waals surface area contributed by atoms with Crippen molar-refractivity contribution in [1.82, 2.24) is 0 Å². The third-order valence-electron chi connectivity index (χ3n) is 1.59. The lowest BCUT2D eigenvalue weighted by Gasteiger charge is -2.01. The van der Waals surface area contributed by atoms with Gasteiger partial charge in [0.1, 0.15) is 5.03 Å². The van der Waals surface area contributed by atoms with Crippen molar-refractivity contribution in [2.24, 2.45) is 4.40 Å². The van der Waals surface area contributed by atoms with E-state index in [1.54, 1.807) is 13.8 Å². The number of sulfonamides is 1. The molecule has 1 aliphatic rings. The molecule has 0 aromatic carbocycles. The fraction of sp³-hybridized carbons (Fsp3) is 0.500. The van der Waals surface area contributed by atoms with Gasteiger partial charge in [-0.25, -0.2) is 4.79 Å². The SMILES string of the molecule is CCOC(=O)C1=C(Cl)C(OCC)=NS1(=O)=O. The molecule has 1 rings (SSSR count). The predicted octanol–water partition coefficient (Wildman–Crippen LogP) is 0.778. The summed E-state index contributed by atoms with van der Waals surface area (Å²) in [6.07, 6.45) is 0. The molecule has 0 saturated heterocycles. The van der Waals surface area contributed by atoms with Crippen LogP contribution < -0.4 is 0 Å². The molecule has 0 N–H and O–H groups in total. The number of hydrogen-bond acceptors (Lipinski definition) is 5. The summed E-state index contributed by atoms with van der Waals surface area (Å²) in [5.41, 5.74) is 0. The Morgan fingerprint density at radius 3 is 2.50 bits per heavy atom. The highest BCUT2D eigenvalue weighted by Crippen LogP contribution is 2.28. The van der Waals surface area contributed by atoms with Gasteiger partial charge in [0.25, 0.3) is 10.0 Å². The van der Waals surface area contributed by atoms with E-state index in [9.17, 15) is 13.2 Å². The van der Waals surface area contributed by atoms with Crippen molar-refractivity contribution >= 4 is 33.5 Å². The molecule has 0 amide bonds. The van der Waals surface area contributed by atoms with Gasteiger partial charge in [-0.2, -0.15) is 8.42 Å². The van der Waals surface area contributed by atoms with Gasteiger partial charge in [0, 0.05) is 0 Å². The molecule has 0 radical (unpaired) electrons. The standard InChI is InChI=1S/C8H10ClNO5S/c1-3-14-7-5(9)6(8(11)15-4-2)16(12,13)10-7/h3-4H2,1-2H3. The van der Waals surface area contributed by atoms with Crippen molar-refractivity contribution in [2.45, 2.75) is 13.8 Å². The first-order valence-electron chi connectivity index (χ1n) is 4.49. The molecule has 0 saturated carbocycles. The first kappa shape index (κ1) is 13.0. The van der Waals surface area contributed by atoms with Crippen LogP contribution in [0.25, 0.3) is 0 Å². The summed E-state index contributed by atoms with van der Waals surface area (Å²) in [5, 5.41) is -0.333. The minimum Gasteiger partial charge on any atom is -0.476 e. The molecule has 16 heavy (non-hydrogen) atoms. The first-order valence-corrected chi connectivity index (χ1v) is 6.30. The third kappa shape index (κ3) is 2.35. The van der Waals surface area contributed by atoms with E-state index in [0.29, 0.717) is 0 Å². The summed E-state index contributed by atoms with van der Waals surface area (Å²) < 4.78 is 35.6. The first-order chi connectivity index (χ1) is 7.44. The maximum atomic E-state index is 11.5. The highest BCUT2D eigenvalue weighted by atomic mass is 35.5. The smallest absolute Gasteiger partial charge is 0.353 e. The molecule has 0 unspecified atom stereocenters. The monoisotopic (exact) mass is 267 g/mol. The summed E-state index contributed by atoms with van der Waals surface area (Å²) in [4.78, 5) is 10.7. The van der Waals surface area contributed by atoms with Gasteiger partial charge in [0.2, 0.25) is 5.90 Å². The fourth-order valence-electron chi connectivity index (χ4n) is 1.02. The number of nitrogens with zero attached hydrogens (tertiary/aromatic N) is 1. The van der Waals surface area contributed by atoms with Crippen LogP contribution in [0, 0.1) is 0 Å². The Labute approximate surface area is 97.9 Å². The zero-order valence-electron chi connectivity index (χ0n) is 8.69. The van der Waals surface area contributed by atoms with Crippen molar-refractivity contribution < 1.29 is 22.7 Å². The molecule has 90 valence electrons. The van der Waals surface area contributed by atoms with E-state index in [0.717, 1.165) is 0 Å².